The summed E-state index contributed by atoms with van der Waals surface area (Å²) in [5.74, 6) is 0.865. The first-order valence-electron chi connectivity index (χ1n) is 10.7. The molecule has 1 heterocycles. The Labute approximate surface area is 171 Å². The number of ketones is 1. The van der Waals surface area contributed by atoms with Crippen molar-refractivity contribution in [3.05, 3.63) is 77.2 Å². The molecule has 1 aromatic heterocycles. The van der Waals surface area contributed by atoms with E-state index in [2.05, 4.69) is 42.2 Å². The molecular formula is C26H26FNO. The molecule has 0 amide bonds. The Morgan fingerprint density at radius 1 is 1.10 bits per heavy atom. The minimum atomic E-state index is -0.206. The molecule has 0 unspecified atom stereocenters. The van der Waals surface area contributed by atoms with Crippen molar-refractivity contribution in [2.45, 2.75) is 51.4 Å². The molecule has 29 heavy (non-hydrogen) atoms. The van der Waals surface area contributed by atoms with Gasteiger partial charge in [0.2, 0.25) is 0 Å². The summed E-state index contributed by atoms with van der Waals surface area (Å²) in [6, 6.07) is 15.2. The number of halogens is 1. The summed E-state index contributed by atoms with van der Waals surface area (Å²) in [6.45, 7) is 2.07. The second-order valence-corrected chi connectivity index (χ2v) is 9.08. The Morgan fingerprint density at radius 2 is 1.86 bits per heavy atom. The number of aromatic nitrogens is 1. The number of carbonyl (C=O) groups excluding carboxylic acids is 1. The zero-order valence-electron chi connectivity index (χ0n) is 16.8. The molecule has 2 aliphatic rings. The minimum absolute atomic E-state index is 0.206. The largest absolute Gasteiger partial charge is 0.299 e. The third kappa shape index (κ3) is 3.48. The van der Waals surface area contributed by atoms with E-state index in [1.54, 1.807) is 12.1 Å². The fourth-order valence-corrected chi connectivity index (χ4v) is 5.39. The Balaban J connectivity index is 1.26. The molecule has 2 aromatic carbocycles. The maximum atomic E-state index is 13.8. The first-order chi connectivity index (χ1) is 14.0. The molecule has 1 atom stereocenters. The van der Waals surface area contributed by atoms with Gasteiger partial charge in [0.05, 0.1) is 5.52 Å². The number of hydrogen-bond donors (Lipinski definition) is 0. The Bertz CT molecular complexity index is 1060. The SMILES string of the molecule is Cc1ccc(CC(=O)[C@H]2CC23CCC(c2ccnc4ccc(F)cc24)CC3)cc1. The highest BCUT2D eigenvalue weighted by Gasteiger charge is 2.57. The van der Waals surface area contributed by atoms with Crippen molar-refractivity contribution in [3.63, 3.8) is 0 Å². The van der Waals surface area contributed by atoms with Crippen molar-refractivity contribution >= 4 is 16.7 Å². The standard InChI is InChI=1S/C26H26FNO/c1-17-2-4-18(5-3-17)14-25(29)23-16-26(23)11-8-19(9-12-26)21-10-13-28-24-7-6-20(27)15-22(21)24/h2-7,10,13,15,19,23H,8-9,11-12,14,16H2,1H3/t19?,23-,26?/m1/s1. The molecule has 5 rings (SSSR count). The Morgan fingerprint density at radius 3 is 2.62 bits per heavy atom. The van der Waals surface area contributed by atoms with Crippen LogP contribution in [0.1, 0.15) is 54.7 Å². The van der Waals surface area contributed by atoms with Gasteiger partial charge in [-0.2, -0.15) is 0 Å². The molecule has 3 aromatic rings. The molecule has 0 N–H and O–H groups in total. The number of fused-ring (bicyclic) bond motifs is 1. The molecular weight excluding hydrogens is 361 g/mol. The second kappa shape index (κ2) is 7.05. The fourth-order valence-electron chi connectivity index (χ4n) is 5.39. The molecule has 0 aliphatic heterocycles. The van der Waals surface area contributed by atoms with E-state index in [4.69, 9.17) is 0 Å². The third-order valence-corrected chi connectivity index (χ3v) is 7.24. The number of Topliss-reactive ketones (excluding diaryl/α,β-unsaturated/α-hetero) is 1. The first kappa shape index (κ1) is 18.5. The lowest BCUT2D eigenvalue weighted by Gasteiger charge is -2.30. The predicted octanol–water partition coefficient (Wildman–Crippen LogP) is 6.16. The van der Waals surface area contributed by atoms with E-state index >= 15 is 0 Å². The van der Waals surface area contributed by atoms with Crippen LogP contribution in [0, 0.1) is 24.1 Å². The van der Waals surface area contributed by atoms with E-state index in [1.807, 2.05) is 6.20 Å². The number of rotatable bonds is 4. The molecule has 0 saturated heterocycles. The van der Waals surface area contributed by atoms with E-state index in [0.717, 1.165) is 48.6 Å². The number of benzene rings is 2. The highest BCUT2D eigenvalue weighted by molar-refractivity contribution is 5.87. The third-order valence-electron chi connectivity index (χ3n) is 7.24. The number of pyridine rings is 1. The smallest absolute Gasteiger partial charge is 0.140 e. The van der Waals surface area contributed by atoms with E-state index < -0.39 is 0 Å². The van der Waals surface area contributed by atoms with Crippen LogP contribution in [0.3, 0.4) is 0 Å². The fraction of sp³-hybridized carbons (Fsp3) is 0.385. The normalized spacial score (nSPS) is 26.0. The molecule has 2 fully saturated rings. The highest BCUT2D eigenvalue weighted by atomic mass is 19.1. The van der Waals surface area contributed by atoms with Gasteiger partial charge in [0.15, 0.2) is 0 Å². The molecule has 0 bridgehead atoms. The second-order valence-electron chi connectivity index (χ2n) is 9.08. The van der Waals surface area contributed by atoms with Gasteiger partial charge in [-0.05, 0) is 85.8 Å². The molecule has 2 aliphatic carbocycles. The zero-order chi connectivity index (χ0) is 20.0. The lowest BCUT2D eigenvalue weighted by molar-refractivity contribution is -0.120. The number of hydrogen-bond acceptors (Lipinski definition) is 2. The molecule has 2 saturated carbocycles. The monoisotopic (exact) mass is 387 g/mol. The van der Waals surface area contributed by atoms with Crippen molar-refractivity contribution in [2.75, 3.05) is 0 Å². The van der Waals surface area contributed by atoms with Crippen LogP contribution >= 0.6 is 0 Å². The topological polar surface area (TPSA) is 30.0 Å². The van der Waals surface area contributed by atoms with Gasteiger partial charge < -0.3 is 0 Å². The zero-order valence-corrected chi connectivity index (χ0v) is 16.8. The lowest BCUT2D eigenvalue weighted by atomic mass is 9.74. The van der Waals surface area contributed by atoms with Crippen LogP contribution in [-0.4, -0.2) is 10.8 Å². The molecule has 3 heteroatoms. The predicted molar refractivity (Wildman–Crippen MR) is 113 cm³/mol. The maximum Gasteiger partial charge on any atom is 0.140 e. The number of carbonyl (C=O) groups is 1. The van der Waals surface area contributed by atoms with Crippen LogP contribution in [0.2, 0.25) is 0 Å². The summed E-state index contributed by atoms with van der Waals surface area (Å²) < 4.78 is 13.8. The van der Waals surface area contributed by atoms with Crippen LogP contribution in [0.4, 0.5) is 4.39 Å². The van der Waals surface area contributed by atoms with Crippen LogP contribution in [-0.2, 0) is 11.2 Å². The van der Waals surface area contributed by atoms with Gasteiger partial charge in [-0.25, -0.2) is 4.39 Å². The van der Waals surface area contributed by atoms with Crippen molar-refractivity contribution < 1.29 is 9.18 Å². The average molecular weight is 387 g/mol. The van der Waals surface area contributed by atoms with E-state index in [0.29, 0.717) is 18.1 Å². The number of nitrogens with zero attached hydrogens (tertiary/aromatic N) is 1. The summed E-state index contributed by atoms with van der Waals surface area (Å²) in [6.07, 6.45) is 7.79. The Hall–Kier alpha value is -2.55. The highest BCUT2D eigenvalue weighted by Crippen LogP contribution is 2.63. The summed E-state index contributed by atoms with van der Waals surface area (Å²) in [7, 11) is 0. The lowest BCUT2D eigenvalue weighted by Crippen LogP contribution is -2.20. The molecule has 1 spiro atoms. The average Bonchev–Trinajstić information content (AvgIpc) is 3.43. The van der Waals surface area contributed by atoms with Crippen molar-refractivity contribution in [1.82, 2.24) is 4.98 Å². The van der Waals surface area contributed by atoms with Gasteiger partial charge in [-0.15, -0.1) is 0 Å². The summed E-state index contributed by atoms with van der Waals surface area (Å²) >= 11 is 0. The van der Waals surface area contributed by atoms with Gasteiger partial charge in [-0.1, -0.05) is 29.8 Å². The van der Waals surface area contributed by atoms with E-state index in [1.165, 1.54) is 17.2 Å². The van der Waals surface area contributed by atoms with Crippen molar-refractivity contribution in [2.24, 2.45) is 11.3 Å². The van der Waals surface area contributed by atoms with Crippen molar-refractivity contribution in [3.8, 4) is 0 Å². The quantitative estimate of drug-likeness (QED) is 0.537. The maximum absolute atomic E-state index is 13.8. The Kier molecular flexibility index (Phi) is 4.49. The molecule has 148 valence electrons. The van der Waals surface area contributed by atoms with Crippen molar-refractivity contribution in [1.29, 1.82) is 0 Å². The van der Waals surface area contributed by atoms with Crippen LogP contribution in [0.25, 0.3) is 10.9 Å². The number of aryl methyl sites for hydroxylation is 1. The molecule has 2 nitrogen and oxygen atoms in total. The summed E-state index contributed by atoms with van der Waals surface area (Å²) in [5.41, 5.74) is 4.66. The van der Waals surface area contributed by atoms with Crippen LogP contribution in [0.5, 0.6) is 0 Å². The van der Waals surface area contributed by atoms with E-state index in [9.17, 15) is 9.18 Å². The minimum Gasteiger partial charge on any atom is -0.299 e. The van der Waals surface area contributed by atoms with Gasteiger partial charge in [0.25, 0.3) is 0 Å². The van der Waals surface area contributed by atoms with Crippen LogP contribution < -0.4 is 0 Å². The molecule has 0 radical (unpaired) electrons. The van der Waals surface area contributed by atoms with Crippen LogP contribution in [0.15, 0.2) is 54.7 Å². The van der Waals surface area contributed by atoms with Gasteiger partial charge in [0.1, 0.15) is 11.6 Å². The van der Waals surface area contributed by atoms with Gasteiger partial charge >= 0.3 is 0 Å². The first-order valence-corrected chi connectivity index (χ1v) is 10.7. The van der Waals surface area contributed by atoms with Gasteiger partial charge in [0, 0.05) is 23.9 Å². The summed E-state index contributed by atoms with van der Waals surface area (Å²) in [5, 5.41) is 0.941. The van der Waals surface area contributed by atoms with E-state index in [-0.39, 0.29) is 17.2 Å². The van der Waals surface area contributed by atoms with Gasteiger partial charge in [-0.3, -0.25) is 9.78 Å². The summed E-state index contributed by atoms with van der Waals surface area (Å²) in [4.78, 5) is 17.2.